The summed E-state index contributed by atoms with van der Waals surface area (Å²) < 4.78 is 6.30. The Morgan fingerprint density at radius 3 is 1.97 bits per heavy atom. The summed E-state index contributed by atoms with van der Waals surface area (Å²) in [5, 5.41) is 12.7. The molecule has 1 rings (SSSR count). The van der Waals surface area contributed by atoms with Gasteiger partial charge < -0.3 is 15.2 Å². The highest BCUT2D eigenvalue weighted by atomic mass is 16.5. The Kier molecular flexibility index (Phi) is 16.9. The number of ether oxygens (including phenoxy) is 1. The quantitative estimate of drug-likeness (QED) is 0.121. The van der Waals surface area contributed by atoms with E-state index in [-0.39, 0.29) is 36.4 Å². The van der Waals surface area contributed by atoms with Gasteiger partial charge in [-0.25, -0.2) is 4.79 Å². The van der Waals surface area contributed by atoms with Crippen LogP contribution in [0.25, 0.3) is 0 Å². The molecule has 1 aromatic carbocycles. The van der Waals surface area contributed by atoms with E-state index in [1.165, 1.54) is 51.4 Å². The predicted octanol–water partition coefficient (Wildman–Crippen LogP) is 7.91. The number of ketones is 1. The molecule has 2 unspecified atom stereocenters. The number of rotatable bonds is 21. The normalized spacial score (nSPS) is 13.3. The minimum Gasteiger partial charge on any atom is -0.478 e. The summed E-state index contributed by atoms with van der Waals surface area (Å²) >= 11 is 0. The van der Waals surface area contributed by atoms with Gasteiger partial charge in [-0.3, -0.25) is 9.59 Å². The number of carboxylic acid groups (broad SMARTS) is 1. The lowest BCUT2D eigenvalue weighted by molar-refractivity contribution is -0.133. The van der Waals surface area contributed by atoms with E-state index < -0.39 is 11.4 Å². The molecule has 0 aliphatic heterocycles. The summed E-state index contributed by atoms with van der Waals surface area (Å²) in [6, 6.07) is 6.81. The average Bonchev–Trinajstić information content (AvgIpc) is 2.86. The van der Waals surface area contributed by atoms with Crippen LogP contribution in [0.2, 0.25) is 0 Å². The van der Waals surface area contributed by atoms with Crippen molar-refractivity contribution < 1.29 is 24.2 Å². The third-order valence-corrected chi connectivity index (χ3v) is 7.21. The molecule has 0 radical (unpaired) electrons. The lowest BCUT2D eigenvalue weighted by Crippen LogP contribution is -2.46. The highest BCUT2D eigenvalue weighted by Crippen LogP contribution is 2.21. The maximum atomic E-state index is 12.9. The Balaban J connectivity index is 2.84. The number of benzene rings is 1. The molecule has 2 N–H and O–H groups in total. The minimum absolute atomic E-state index is 0.0481. The zero-order valence-corrected chi connectivity index (χ0v) is 25.5. The van der Waals surface area contributed by atoms with Crippen LogP contribution >= 0.6 is 0 Å². The second-order valence-corrected chi connectivity index (χ2v) is 12.2. The fourth-order valence-corrected chi connectivity index (χ4v) is 4.83. The molecule has 222 valence electrons. The first-order chi connectivity index (χ1) is 18.5. The Hall–Kier alpha value is -2.21. The summed E-state index contributed by atoms with van der Waals surface area (Å²) in [5.74, 6) is -1.30. The molecule has 1 aromatic rings. The van der Waals surface area contributed by atoms with Crippen LogP contribution in [0.1, 0.15) is 141 Å². The Morgan fingerprint density at radius 2 is 1.44 bits per heavy atom. The van der Waals surface area contributed by atoms with Crippen LogP contribution in [0.5, 0.6) is 0 Å². The number of aromatic carboxylic acids is 1. The van der Waals surface area contributed by atoms with Gasteiger partial charge in [-0.2, -0.15) is 0 Å². The van der Waals surface area contributed by atoms with Gasteiger partial charge in [-0.05, 0) is 44.7 Å². The molecular weight excluding hydrogens is 490 g/mol. The number of Topliss-reactive ketones (excluding diaryl/α,β-unsaturated/α-hetero) is 1. The smallest absolute Gasteiger partial charge is 0.335 e. The summed E-state index contributed by atoms with van der Waals surface area (Å²) in [4.78, 5) is 37.1. The third-order valence-electron chi connectivity index (χ3n) is 7.21. The van der Waals surface area contributed by atoms with Gasteiger partial charge in [0, 0.05) is 5.41 Å². The Labute approximate surface area is 237 Å². The highest BCUT2D eigenvalue weighted by molar-refractivity contribution is 6.00. The van der Waals surface area contributed by atoms with Crippen LogP contribution < -0.4 is 5.32 Å². The van der Waals surface area contributed by atoms with Crippen molar-refractivity contribution in [1.82, 2.24) is 5.32 Å². The maximum Gasteiger partial charge on any atom is 0.335 e. The van der Waals surface area contributed by atoms with Crippen LogP contribution in [-0.4, -0.2) is 41.0 Å². The van der Waals surface area contributed by atoms with Gasteiger partial charge in [0.2, 0.25) is 5.91 Å². The summed E-state index contributed by atoms with van der Waals surface area (Å²) in [6.45, 7) is 11.7. The number of nitrogens with one attached hydrogen (secondary N) is 1. The second kappa shape index (κ2) is 19.0. The first-order valence-electron chi connectivity index (χ1n) is 15.2. The van der Waals surface area contributed by atoms with E-state index in [9.17, 15) is 19.5 Å². The van der Waals surface area contributed by atoms with E-state index in [2.05, 4.69) is 12.2 Å². The van der Waals surface area contributed by atoms with Crippen molar-refractivity contribution in [2.75, 3.05) is 0 Å². The van der Waals surface area contributed by atoms with E-state index in [4.69, 9.17) is 4.74 Å². The lowest BCUT2D eigenvalue weighted by Gasteiger charge is -2.30. The minimum atomic E-state index is -0.942. The fourth-order valence-electron chi connectivity index (χ4n) is 4.83. The summed E-state index contributed by atoms with van der Waals surface area (Å²) in [6.07, 6.45) is 13.7. The zero-order valence-electron chi connectivity index (χ0n) is 25.5. The molecule has 6 heteroatoms. The molecular formula is C33H55NO5. The van der Waals surface area contributed by atoms with Crippen molar-refractivity contribution in [3.05, 3.63) is 35.4 Å². The maximum absolute atomic E-state index is 12.9. The van der Waals surface area contributed by atoms with Gasteiger partial charge >= 0.3 is 5.97 Å². The van der Waals surface area contributed by atoms with Crippen LogP contribution in [0.3, 0.4) is 0 Å². The summed E-state index contributed by atoms with van der Waals surface area (Å²) in [5.41, 5.74) is 0.485. The van der Waals surface area contributed by atoms with Crippen molar-refractivity contribution in [3.8, 4) is 0 Å². The van der Waals surface area contributed by atoms with E-state index in [1.54, 1.807) is 12.1 Å². The monoisotopic (exact) mass is 545 g/mol. The molecule has 0 heterocycles. The molecule has 0 aromatic heterocycles. The number of amides is 1. The van der Waals surface area contributed by atoms with Gasteiger partial charge in [-0.15, -0.1) is 0 Å². The second-order valence-electron chi connectivity index (χ2n) is 12.2. The van der Waals surface area contributed by atoms with Crippen LogP contribution in [0, 0.1) is 5.41 Å². The van der Waals surface area contributed by atoms with Crippen molar-refractivity contribution in [3.63, 3.8) is 0 Å². The molecule has 2 atom stereocenters. The SMILES string of the molecule is CCCCCCCCCCCCC(NC(=O)CC(=O)C(C)(C)C)C(CCc1ccccc1C(=O)O)OC(C)C. The fraction of sp³-hybridized carbons (Fsp3) is 0.727. The van der Waals surface area contributed by atoms with E-state index in [1.807, 2.05) is 46.8 Å². The van der Waals surface area contributed by atoms with Crippen LogP contribution in [0.4, 0.5) is 0 Å². The standard InChI is InChI=1S/C33H55NO5/c1-7-8-9-10-11-12-13-14-15-16-21-28(34-31(36)24-30(35)33(4,5)6)29(39-25(2)3)23-22-26-19-17-18-20-27(26)32(37)38/h17-20,25,28-29H,7-16,21-24H2,1-6H3,(H,34,36)(H,37,38). The molecule has 0 bridgehead atoms. The predicted molar refractivity (Wildman–Crippen MR) is 159 cm³/mol. The van der Waals surface area contributed by atoms with E-state index >= 15 is 0 Å². The Morgan fingerprint density at radius 1 is 0.872 bits per heavy atom. The van der Waals surface area contributed by atoms with Crippen molar-refractivity contribution in [1.29, 1.82) is 0 Å². The van der Waals surface area contributed by atoms with Gasteiger partial charge in [0.1, 0.15) is 5.78 Å². The van der Waals surface area contributed by atoms with Gasteiger partial charge in [-0.1, -0.05) is 110 Å². The highest BCUT2D eigenvalue weighted by Gasteiger charge is 2.28. The zero-order chi connectivity index (χ0) is 29.3. The first-order valence-corrected chi connectivity index (χ1v) is 15.2. The lowest BCUT2D eigenvalue weighted by atomic mass is 9.88. The molecule has 39 heavy (non-hydrogen) atoms. The molecule has 0 saturated carbocycles. The van der Waals surface area contributed by atoms with Crippen molar-refractivity contribution >= 4 is 17.7 Å². The van der Waals surface area contributed by atoms with Crippen LogP contribution in [0.15, 0.2) is 24.3 Å². The first kappa shape index (κ1) is 34.8. The number of aryl methyl sites for hydroxylation is 1. The molecule has 0 saturated heterocycles. The van der Waals surface area contributed by atoms with Gasteiger partial charge in [0.05, 0.1) is 30.2 Å². The topological polar surface area (TPSA) is 92.7 Å². The molecule has 0 fully saturated rings. The number of carboxylic acids is 1. The van der Waals surface area contributed by atoms with Gasteiger partial charge in [0.15, 0.2) is 0 Å². The number of hydrogen-bond acceptors (Lipinski definition) is 4. The number of hydrogen-bond donors (Lipinski definition) is 2. The van der Waals surface area contributed by atoms with E-state index in [0.29, 0.717) is 18.4 Å². The Bertz CT molecular complexity index is 858. The molecule has 1 amide bonds. The number of carbonyl (C=O) groups is 3. The number of carbonyl (C=O) groups excluding carboxylic acids is 2. The molecule has 0 aliphatic rings. The van der Waals surface area contributed by atoms with Crippen LogP contribution in [-0.2, 0) is 20.7 Å². The van der Waals surface area contributed by atoms with Gasteiger partial charge in [0.25, 0.3) is 0 Å². The molecule has 0 aliphatic carbocycles. The molecule has 6 nitrogen and oxygen atoms in total. The number of unbranched alkanes of at least 4 members (excludes halogenated alkanes) is 9. The summed E-state index contributed by atoms with van der Waals surface area (Å²) in [7, 11) is 0. The van der Waals surface area contributed by atoms with E-state index in [0.717, 1.165) is 24.8 Å². The van der Waals surface area contributed by atoms with Crippen molar-refractivity contribution in [2.45, 2.75) is 150 Å². The largest absolute Gasteiger partial charge is 0.478 e. The van der Waals surface area contributed by atoms with Crippen molar-refractivity contribution in [2.24, 2.45) is 5.41 Å². The molecule has 0 spiro atoms. The average molecular weight is 546 g/mol. The third kappa shape index (κ3) is 15.2.